The molecule has 1 atom stereocenters. The van der Waals surface area contributed by atoms with Gasteiger partial charge in [-0.2, -0.15) is 4.72 Å². The molecule has 3 rings (SSSR count). The van der Waals surface area contributed by atoms with Gasteiger partial charge in [-0.25, -0.2) is 8.42 Å². The largest absolute Gasteiger partial charge is 0.486 e. The molecule has 9 heteroatoms. The van der Waals surface area contributed by atoms with Gasteiger partial charge in [-0.3, -0.25) is 4.79 Å². The van der Waals surface area contributed by atoms with E-state index in [0.717, 1.165) is 5.56 Å². The van der Waals surface area contributed by atoms with Gasteiger partial charge in [0.15, 0.2) is 11.5 Å². The number of sulfonamides is 1. The molecule has 1 aliphatic rings. The molecule has 0 fully saturated rings. The average molecular weight is 453 g/mol. The van der Waals surface area contributed by atoms with Crippen LogP contribution in [-0.4, -0.2) is 40.1 Å². The van der Waals surface area contributed by atoms with Crippen LogP contribution in [0.25, 0.3) is 0 Å². The van der Waals surface area contributed by atoms with E-state index in [1.54, 1.807) is 32.0 Å². The highest BCUT2D eigenvalue weighted by Gasteiger charge is 2.29. The molecule has 2 aromatic rings. The maximum atomic E-state index is 12.9. The molecule has 162 valence electrons. The van der Waals surface area contributed by atoms with Crippen molar-refractivity contribution >= 4 is 27.5 Å². The van der Waals surface area contributed by atoms with Crippen LogP contribution in [0.4, 0.5) is 0 Å². The van der Waals surface area contributed by atoms with Crippen LogP contribution in [0.3, 0.4) is 0 Å². The van der Waals surface area contributed by atoms with E-state index in [0.29, 0.717) is 42.7 Å². The van der Waals surface area contributed by atoms with Crippen molar-refractivity contribution in [2.24, 2.45) is 5.92 Å². The molecule has 2 aromatic carbocycles. The van der Waals surface area contributed by atoms with E-state index in [1.165, 1.54) is 12.1 Å². The number of ether oxygens (including phenoxy) is 2. The van der Waals surface area contributed by atoms with E-state index >= 15 is 0 Å². The zero-order chi connectivity index (χ0) is 21.7. The number of hydrogen-bond acceptors (Lipinski definition) is 5. The SMILES string of the molecule is CC(C)[C@H](NS(=O)(=O)c1ccc2c(c1)OCCO2)C(=O)NCCc1ccc(Cl)cc1. The maximum absolute atomic E-state index is 12.9. The topological polar surface area (TPSA) is 93.7 Å². The number of amides is 1. The zero-order valence-electron chi connectivity index (χ0n) is 16.9. The fourth-order valence-corrected chi connectivity index (χ4v) is 4.49. The quantitative estimate of drug-likeness (QED) is 0.642. The summed E-state index contributed by atoms with van der Waals surface area (Å²) in [5, 5.41) is 3.46. The van der Waals surface area contributed by atoms with E-state index in [2.05, 4.69) is 10.0 Å². The Kier molecular flexibility index (Phi) is 7.23. The van der Waals surface area contributed by atoms with Crippen molar-refractivity contribution in [1.29, 1.82) is 0 Å². The van der Waals surface area contributed by atoms with Crippen LogP contribution in [0, 0.1) is 5.92 Å². The van der Waals surface area contributed by atoms with Crippen molar-refractivity contribution in [2.75, 3.05) is 19.8 Å². The van der Waals surface area contributed by atoms with Gasteiger partial charge in [0.1, 0.15) is 19.3 Å². The molecule has 2 N–H and O–H groups in total. The molecule has 1 aliphatic heterocycles. The van der Waals surface area contributed by atoms with Crippen molar-refractivity contribution in [3.8, 4) is 11.5 Å². The Bertz CT molecular complexity index is 993. The average Bonchev–Trinajstić information content (AvgIpc) is 2.73. The third-order valence-corrected chi connectivity index (χ3v) is 6.37. The monoisotopic (exact) mass is 452 g/mol. The van der Waals surface area contributed by atoms with Crippen LogP contribution in [-0.2, 0) is 21.2 Å². The van der Waals surface area contributed by atoms with Gasteiger partial charge < -0.3 is 14.8 Å². The number of nitrogens with one attached hydrogen (secondary N) is 2. The first kappa shape index (κ1) is 22.4. The van der Waals surface area contributed by atoms with Crippen LogP contribution >= 0.6 is 11.6 Å². The van der Waals surface area contributed by atoms with Gasteiger partial charge in [0, 0.05) is 17.6 Å². The third-order valence-electron chi connectivity index (χ3n) is 4.68. The van der Waals surface area contributed by atoms with Crippen LogP contribution in [0.2, 0.25) is 5.02 Å². The Hall–Kier alpha value is -2.29. The van der Waals surface area contributed by atoms with Gasteiger partial charge in [-0.05, 0) is 42.2 Å². The molecule has 0 spiro atoms. The standard InChI is InChI=1S/C21H25ClN2O5S/c1-14(2)20(21(25)23-10-9-15-3-5-16(22)6-4-15)24-30(26,27)17-7-8-18-19(13-17)29-12-11-28-18/h3-8,13-14,20,24H,9-12H2,1-2H3,(H,23,25)/t20-/m0/s1. The minimum atomic E-state index is -3.93. The Balaban J connectivity index is 1.65. The minimum absolute atomic E-state index is 0.0198. The fourth-order valence-electron chi connectivity index (χ4n) is 3.01. The van der Waals surface area contributed by atoms with Crippen molar-refractivity contribution in [3.63, 3.8) is 0 Å². The molecule has 0 unspecified atom stereocenters. The van der Waals surface area contributed by atoms with Crippen molar-refractivity contribution < 1.29 is 22.7 Å². The van der Waals surface area contributed by atoms with E-state index in [1.807, 2.05) is 12.1 Å². The molecule has 30 heavy (non-hydrogen) atoms. The molecular formula is C21H25ClN2O5S. The molecule has 1 amide bonds. The number of carbonyl (C=O) groups is 1. The van der Waals surface area contributed by atoms with Crippen LogP contribution in [0.5, 0.6) is 11.5 Å². The second-order valence-corrected chi connectivity index (χ2v) is 9.47. The summed E-state index contributed by atoms with van der Waals surface area (Å²) in [6, 6.07) is 10.8. The first-order valence-corrected chi connectivity index (χ1v) is 11.6. The van der Waals surface area contributed by atoms with Gasteiger partial charge in [0.25, 0.3) is 0 Å². The summed E-state index contributed by atoms with van der Waals surface area (Å²) < 4.78 is 39.1. The van der Waals surface area contributed by atoms with Crippen molar-refractivity contribution in [1.82, 2.24) is 10.0 Å². The summed E-state index contributed by atoms with van der Waals surface area (Å²) in [6.45, 7) is 4.73. The minimum Gasteiger partial charge on any atom is -0.486 e. The molecule has 0 bridgehead atoms. The number of halogens is 1. The molecule has 0 saturated heterocycles. The highest BCUT2D eigenvalue weighted by molar-refractivity contribution is 7.89. The van der Waals surface area contributed by atoms with Gasteiger partial charge in [-0.1, -0.05) is 37.6 Å². The second-order valence-electron chi connectivity index (χ2n) is 7.32. The number of benzene rings is 2. The molecule has 0 aromatic heterocycles. The first-order chi connectivity index (χ1) is 14.3. The van der Waals surface area contributed by atoms with E-state index in [-0.39, 0.29) is 16.7 Å². The van der Waals surface area contributed by atoms with E-state index in [9.17, 15) is 13.2 Å². The summed E-state index contributed by atoms with van der Waals surface area (Å²) in [7, 11) is -3.93. The highest BCUT2D eigenvalue weighted by Crippen LogP contribution is 2.32. The second kappa shape index (κ2) is 9.68. The molecule has 7 nitrogen and oxygen atoms in total. The summed E-state index contributed by atoms with van der Waals surface area (Å²) >= 11 is 5.87. The van der Waals surface area contributed by atoms with Crippen molar-refractivity contribution in [3.05, 3.63) is 53.1 Å². The van der Waals surface area contributed by atoms with Gasteiger partial charge in [0.2, 0.25) is 15.9 Å². The molecule has 0 aliphatic carbocycles. The summed E-state index contributed by atoms with van der Waals surface area (Å²) in [5.74, 6) is 0.255. The summed E-state index contributed by atoms with van der Waals surface area (Å²) in [6.07, 6.45) is 0.614. The summed E-state index contributed by atoms with van der Waals surface area (Å²) in [4.78, 5) is 12.7. The smallest absolute Gasteiger partial charge is 0.241 e. The number of carbonyl (C=O) groups excluding carboxylic acids is 1. The van der Waals surface area contributed by atoms with Gasteiger partial charge in [0.05, 0.1) is 4.90 Å². The Morgan fingerprint density at radius 1 is 1.07 bits per heavy atom. The lowest BCUT2D eigenvalue weighted by molar-refractivity contribution is -0.123. The Morgan fingerprint density at radius 2 is 1.73 bits per heavy atom. The molecule has 0 saturated carbocycles. The maximum Gasteiger partial charge on any atom is 0.241 e. The zero-order valence-corrected chi connectivity index (χ0v) is 18.4. The fraction of sp³-hybridized carbons (Fsp3) is 0.381. The lowest BCUT2D eigenvalue weighted by Gasteiger charge is -2.23. The highest BCUT2D eigenvalue weighted by atomic mass is 35.5. The van der Waals surface area contributed by atoms with Crippen LogP contribution in [0.15, 0.2) is 47.4 Å². The normalized spacial score (nSPS) is 14.4. The molecular weight excluding hydrogens is 428 g/mol. The Labute approximate surface area is 181 Å². The lowest BCUT2D eigenvalue weighted by atomic mass is 10.0. The predicted octanol–water partition coefficient (Wildman–Crippen LogP) is 2.77. The lowest BCUT2D eigenvalue weighted by Crippen LogP contribution is -2.49. The van der Waals surface area contributed by atoms with Gasteiger partial charge >= 0.3 is 0 Å². The van der Waals surface area contributed by atoms with E-state index < -0.39 is 16.1 Å². The number of fused-ring (bicyclic) bond motifs is 1. The van der Waals surface area contributed by atoms with Crippen LogP contribution in [0.1, 0.15) is 19.4 Å². The predicted molar refractivity (Wildman–Crippen MR) is 115 cm³/mol. The van der Waals surface area contributed by atoms with E-state index in [4.69, 9.17) is 21.1 Å². The Morgan fingerprint density at radius 3 is 2.40 bits per heavy atom. The number of hydrogen-bond donors (Lipinski definition) is 2. The molecule has 1 heterocycles. The summed E-state index contributed by atoms with van der Waals surface area (Å²) in [5.41, 5.74) is 1.03. The molecule has 0 radical (unpaired) electrons. The van der Waals surface area contributed by atoms with Crippen molar-refractivity contribution in [2.45, 2.75) is 31.2 Å². The van der Waals surface area contributed by atoms with Crippen LogP contribution < -0.4 is 19.5 Å². The third kappa shape index (κ3) is 5.65. The van der Waals surface area contributed by atoms with Gasteiger partial charge in [-0.15, -0.1) is 0 Å². The number of rotatable bonds is 8. The first-order valence-electron chi connectivity index (χ1n) is 9.70.